The van der Waals surface area contributed by atoms with Crippen molar-refractivity contribution in [2.75, 3.05) is 6.54 Å². The van der Waals surface area contributed by atoms with Crippen molar-refractivity contribution in [1.29, 1.82) is 0 Å². The second-order valence-electron chi connectivity index (χ2n) is 11.7. The molecule has 168 valence electrons. The van der Waals surface area contributed by atoms with Crippen LogP contribution in [0.4, 0.5) is 0 Å². The topological polar surface area (TPSA) is 8.17 Å². The summed E-state index contributed by atoms with van der Waals surface area (Å²) in [6.45, 7) is 11.2. The van der Waals surface area contributed by atoms with Crippen LogP contribution < -0.4 is 0 Å². The molecule has 0 radical (unpaired) electrons. The number of para-hydroxylation sites is 2. The maximum Gasteiger partial charge on any atom is 0.0543 e. The molecule has 33 heavy (non-hydrogen) atoms. The molecular weight excluding hydrogens is 400 g/mol. The number of nitrogens with zero attached hydrogens (tertiary/aromatic N) is 2. The van der Waals surface area contributed by atoms with E-state index in [1.54, 1.807) is 5.56 Å². The lowest BCUT2D eigenvalue weighted by molar-refractivity contribution is -0.157. The predicted molar refractivity (Wildman–Crippen MR) is 138 cm³/mol. The van der Waals surface area contributed by atoms with E-state index in [2.05, 4.69) is 104 Å². The van der Waals surface area contributed by atoms with Gasteiger partial charge in [-0.3, -0.25) is 4.90 Å². The molecule has 1 aromatic heterocycles. The smallest absolute Gasteiger partial charge is 0.0543 e. The van der Waals surface area contributed by atoms with Crippen molar-refractivity contribution in [2.24, 2.45) is 11.8 Å². The molecular formula is C31H34N2. The molecule has 4 unspecified atom stereocenters. The van der Waals surface area contributed by atoms with Crippen LogP contribution in [0.25, 0.3) is 27.5 Å². The zero-order chi connectivity index (χ0) is 22.5. The zero-order valence-corrected chi connectivity index (χ0v) is 20.3. The van der Waals surface area contributed by atoms with Crippen molar-refractivity contribution < 1.29 is 0 Å². The number of aromatic nitrogens is 1. The normalized spacial score (nSPS) is 32.1. The lowest BCUT2D eigenvalue weighted by atomic mass is 9.49. The molecule has 2 heteroatoms. The van der Waals surface area contributed by atoms with Crippen molar-refractivity contribution in [3.8, 4) is 5.69 Å². The van der Waals surface area contributed by atoms with Gasteiger partial charge < -0.3 is 4.57 Å². The first-order valence-corrected chi connectivity index (χ1v) is 12.8. The van der Waals surface area contributed by atoms with Crippen LogP contribution >= 0.6 is 0 Å². The van der Waals surface area contributed by atoms with Crippen molar-refractivity contribution in [1.82, 2.24) is 9.47 Å². The van der Waals surface area contributed by atoms with Crippen LogP contribution in [0.15, 0.2) is 66.7 Å². The summed E-state index contributed by atoms with van der Waals surface area (Å²) in [5.41, 5.74) is 7.59. The first-order valence-electron chi connectivity index (χ1n) is 12.8. The molecule has 5 atom stereocenters. The summed E-state index contributed by atoms with van der Waals surface area (Å²) >= 11 is 0. The lowest BCUT2D eigenvalue weighted by Crippen LogP contribution is -2.73. The van der Waals surface area contributed by atoms with E-state index in [9.17, 15) is 0 Å². The second kappa shape index (κ2) is 6.51. The Bertz CT molecular complexity index is 1390. The highest BCUT2D eigenvalue weighted by molar-refractivity contribution is 6.09. The molecule has 1 aliphatic carbocycles. The van der Waals surface area contributed by atoms with Gasteiger partial charge >= 0.3 is 0 Å². The van der Waals surface area contributed by atoms with E-state index in [0.717, 1.165) is 11.8 Å². The number of rotatable bonds is 2. The van der Waals surface area contributed by atoms with E-state index in [1.165, 1.54) is 58.9 Å². The lowest BCUT2D eigenvalue weighted by Gasteiger charge is -2.69. The van der Waals surface area contributed by atoms with Crippen LogP contribution in [0.5, 0.6) is 0 Å². The molecule has 3 aliphatic heterocycles. The standard InChI is InChI=1S/C31H34N2/c1-20-14-29-26(25-12-8-9-13-28(25)33(29)24-10-6-5-7-11-24)16-27(20)31-17-22-15-23(18-31)30(3,4)32(19-22)21(31)2/h5-14,16,21-23H,15,17-19H2,1-4H3/t21-,22?,23?,31?/m1/s1. The van der Waals surface area contributed by atoms with Gasteiger partial charge in [-0.1, -0.05) is 36.4 Å². The molecule has 8 rings (SSSR count). The Labute approximate surface area is 197 Å². The molecule has 4 heterocycles. The molecule has 4 aromatic rings. The van der Waals surface area contributed by atoms with Gasteiger partial charge in [-0.2, -0.15) is 0 Å². The van der Waals surface area contributed by atoms with Gasteiger partial charge in [0.15, 0.2) is 0 Å². The fraction of sp³-hybridized carbons (Fsp3) is 0.419. The Morgan fingerprint density at radius 2 is 1.61 bits per heavy atom. The SMILES string of the molecule is Cc1cc2c(cc1C13CC4CC(C1)C(C)(C)N(C4)[C@@H]3C)c1ccccc1n2-c1ccccc1. The van der Waals surface area contributed by atoms with Gasteiger partial charge in [0.2, 0.25) is 0 Å². The van der Waals surface area contributed by atoms with Crippen molar-refractivity contribution in [3.05, 3.63) is 77.9 Å². The average molecular weight is 435 g/mol. The summed E-state index contributed by atoms with van der Waals surface area (Å²) in [7, 11) is 0. The number of benzene rings is 3. The van der Waals surface area contributed by atoms with Crippen molar-refractivity contribution >= 4 is 21.8 Å². The van der Waals surface area contributed by atoms with E-state index >= 15 is 0 Å². The fourth-order valence-corrected chi connectivity index (χ4v) is 8.29. The van der Waals surface area contributed by atoms with Crippen LogP contribution in [-0.4, -0.2) is 27.6 Å². The molecule has 4 aliphatic rings. The van der Waals surface area contributed by atoms with Gasteiger partial charge in [0, 0.05) is 40.0 Å². The van der Waals surface area contributed by atoms with Crippen LogP contribution in [-0.2, 0) is 5.41 Å². The Kier molecular flexibility index (Phi) is 3.92. The number of hydrogen-bond acceptors (Lipinski definition) is 1. The second-order valence-corrected chi connectivity index (χ2v) is 11.7. The van der Waals surface area contributed by atoms with Gasteiger partial charge in [0.05, 0.1) is 11.0 Å². The monoisotopic (exact) mass is 434 g/mol. The molecule has 4 bridgehead atoms. The van der Waals surface area contributed by atoms with E-state index < -0.39 is 0 Å². The van der Waals surface area contributed by atoms with Gasteiger partial charge in [0.25, 0.3) is 0 Å². The van der Waals surface area contributed by atoms with Crippen molar-refractivity contribution in [3.63, 3.8) is 0 Å². The first-order chi connectivity index (χ1) is 15.9. The maximum absolute atomic E-state index is 2.87. The summed E-state index contributed by atoms with van der Waals surface area (Å²) in [5.74, 6) is 1.66. The Hall–Kier alpha value is -2.58. The number of piperidine rings is 3. The quantitative estimate of drug-likeness (QED) is 0.323. The van der Waals surface area contributed by atoms with Crippen LogP contribution in [0.3, 0.4) is 0 Å². The minimum atomic E-state index is 0.287. The summed E-state index contributed by atoms with van der Waals surface area (Å²) in [6, 6.07) is 25.5. The fourth-order valence-electron chi connectivity index (χ4n) is 8.29. The van der Waals surface area contributed by atoms with E-state index in [0.29, 0.717) is 11.6 Å². The van der Waals surface area contributed by atoms with E-state index in [4.69, 9.17) is 0 Å². The number of fused-ring (bicyclic) bond motifs is 3. The maximum atomic E-state index is 2.87. The molecule has 4 fully saturated rings. The predicted octanol–water partition coefficient (Wildman–Crippen LogP) is 7.24. The summed E-state index contributed by atoms with van der Waals surface area (Å²) in [4.78, 5) is 2.87. The first kappa shape index (κ1) is 19.9. The molecule has 3 aromatic carbocycles. The van der Waals surface area contributed by atoms with Crippen LogP contribution in [0.1, 0.15) is 51.2 Å². The summed E-state index contributed by atoms with van der Waals surface area (Å²) < 4.78 is 2.46. The summed E-state index contributed by atoms with van der Waals surface area (Å²) in [5, 5.41) is 2.78. The third-order valence-electron chi connectivity index (χ3n) is 9.91. The molecule has 0 amide bonds. The highest BCUT2D eigenvalue weighted by atomic mass is 15.3. The number of hydrogen-bond donors (Lipinski definition) is 0. The van der Waals surface area contributed by atoms with Gasteiger partial charge in [-0.25, -0.2) is 0 Å². The van der Waals surface area contributed by atoms with Gasteiger partial charge in [0.1, 0.15) is 0 Å². The third-order valence-corrected chi connectivity index (χ3v) is 9.91. The van der Waals surface area contributed by atoms with Gasteiger partial charge in [-0.15, -0.1) is 0 Å². The largest absolute Gasteiger partial charge is 0.309 e. The molecule has 0 spiro atoms. The van der Waals surface area contributed by atoms with Crippen LogP contribution in [0, 0.1) is 18.8 Å². The Balaban J connectivity index is 1.49. The Morgan fingerprint density at radius 1 is 0.848 bits per heavy atom. The molecule has 0 N–H and O–H groups in total. The van der Waals surface area contributed by atoms with E-state index in [-0.39, 0.29) is 5.41 Å². The van der Waals surface area contributed by atoms with Gasteiger partial charge in [-0.05, 0) is 100 Å². The minimum Gasteiger partial charge on any atom is -0.309 e. The third kappa shape index (κ3) is 2.48. The van der Waals surface area contributed by atoms with Crippen molar-refractivity contribution in [2.45, 2.75) is 64.0 Å². The molecule has 2 nitrogen and oxygen atoms in total. The summed E-state index contributed by atoms with van der Waals surface area (Å²) in [6.07, 6.45) is 4.13. The molecule has 1 saturated carbocycles. The van der Waals surface area contributed by atoms with E-state index in [1.807, 2.05) is 0 Å². The highest BCUT2D eigenvalue weighted by Gasteiger charge is 2.61. The average Bonchev–Trinajstić information content (AvgIpc) is 3.13. The van der Waals surface area contributed by atoms with Crippen LogP contribution in [0.2, 0.25) is 0 Å². The zero-order valence-electron chi connectivity index (χ0n) is 20.3. The minimum absolute atomic E-state index is 0.287. The number of aryl methyl sites for hydroxylation is 1. The molecule has 3 saturated heterocycles. The Morgan fingerprint density at radius 3 is 2.42 bits per heavy atom. The highest BCUT2D eigenvalue weighted by Crippen LogP contribution is 2.61.